The molecule has 1 atom stereocenters. The van der Waals surface area contributed by atoms with Gasteiger partial charge >= 0.3 is 0 Å². The zero-order chi connectivity index (χ0) is 13.1. The summed E-state index contributed by atoms with van der Waals surface area (Å²) in [6, 6.07) is 1.38. The molecule has 98 valence electrons. The van der Waals surface area contributed by atoms with Gasteiger partial charge in [-0.1, -0.05) is 0 Å². The molecule has 2 rings (SSSR count). The lowest BCUT2D eigenvalue weighted by molar-refractivity contribution is -0.384. The van der Waals surface area contributed by atoms with Crippen LogP contribution in [0, 0.1) is 21.7 Å². The number of benzene rings is 1. The average Bonchev–Trinajstić information content (AvgIpc) is 2.33. The van der Waals surface area contributed by atoms with Crippen LogP contribution in [0.15, 0.2) is 12.1 Å². The highest BCUT2D eigenvalue weighted by atomic mass is 32.2. The number of nitro benzene ring substituents is 1. The number of nitrogens with one attached hydrogen (secondary N) is 1. The molecular formula is C11H12F2N2O2S. The number of hydrogen-bond donors (Lipinski definition) is 1. The number of nitrogens with zero attached hydrogens (tertiary/aromatic N) is 1. The third-order valence-corrected chi connectivity index (χ3v) is 3.96. The van der Waals surface area contributed by atoms with E-state index in [0.717, 1.165) is 30.4 Å². The van der Waals surface area contributed by atoms with Gasteiger partial charge in [-0.05, 0) is 18.6 Å². The molecule has 18 heavy (non-hydrogen) atoms. The fraction of sp³-hybridized carbons (Fsp3) is 0.455. The highest BCUT2D eigenvalue weighted by Gasteiger charge is 2.23. The highest BCUT2D eigenvalue weighted by molar-refractivity contribution is 7.99. The van der Waals surface area contributed by atoms with Gasteiger partial charge in [-0.15, -0.1) is 0 Å². The summed E-state index contributed by atoms with van der Waals surface area (Å²) in [5, 5.41) is 13.6. The second-order valence-electron chi connectivity index (χ2n) is 4.10. The van der Waals surface area contributed by atoms with E-state index < -0.39 is 22.2 Å². The van der Waals surface area contributed by atoms with Gasteiger partial charge in [0.1, 0.15) is 11.5 Å². The second-order valence-corrected chi connectivity index (χ2v) is 5.25. The van der Waals surface area contributed by atoms with Gasteiger partial charge in [0.05, 0.1) is 11.0 Å². The SMILES string of the molecule is O=[N+]([O-])c1cc(F)cc(F)c1NC1CCCSC1. The molecule has 1 aromatic carbocycles. The average molecular weight is 274 g/mol. The molecule has 1 aliphatic heterocycles. The summed E-state index contributed by atoms with van der Waals surface area (Å²) >= 11 is 1.72. The van der Waals surface area contributed by atoms with E-state index in [1.165, 1.54) is 0 Å². The first-order chi connectivity index (χ1) is 8.58. The maximum Gasteiger partial charge on any atom is 0.298 e. The Hall–Kier alpha value is -1.37. The van der Waals surface area contributed by atoms with Gasteiger partial charge in [0.15, 0.2) is 5.82 Å². The Morgan fingerprint density at radius 2 is 2.22 bits per heavy atom. The summed E-state index contributed by atoms with van der Waals surface area (Å²) in [5.41, 5.74) is -0.767. The maximum atomic E-state index is 13.6. The van der Waals surface area contributed by atoms with E-state index in [1.807, 2.05) is 0 Å². The monoisotopic (exact) mass is 274 g/mol. The highest BCUT2D eigenvalue weighted by Crippen LogP contribution is 2.31. The molecule has 0 saturated carbocycles. The quantitative estimate of drug-likeness (QED) is 0.679. The Balaban J connectivity index is 2.27. The lowest BCUT2D eigenvalue weighted by atomic mass is 10.1. The Labute approximate surface area is 107 Å². The molecule has 0 radical (unpaired) electrons. The van der Waals surface area contributed by atoms with Crippen LogP contribution < -0.4 is 5.32 Å². The predicted molar refractivity (Wildman–Crippen MR) is 67.0 cm³/mol. The summed E-state index contributed by atoms with van der Waals surface area (Å²) in [4.78, 5) is 10.0. The van der Waals surface area contributed by atoms with Gasteiger partial charge in [-0.25, -0.2) is 8.78 Å². The zero-order valence-electron chi connectivity index (χ0n) is 9.49. The minimum absolute atomic E-state index is 0.0117. The number of hydrogen-bond acceptors (Lipinski definition) is 4. The van der Waals surface area contributed by atoms with Crippen LogP contribution in [0.4, 0.5) is 20.2 Å². The molecule has 4 nitrogen and oxygen atoms in total. The fourth-order valence-electron chi connectivity index (χ4n) is 1.91. The first-order valence-electron chi connectivity index (χ1n) is 5.55. The van der Waals surface area contributed by atoms with Crippen LogP contribution in [0.2, 0.25) is 0 Å². The van der Waals surface area contributed by atoms with Crippen LogP contribution in [0.25, 0.3) is 0 Å². The van der Waals surface area contributed by atoms with E-state index >= 15 is 0 Å². The summed E-state index contributed by atoms with van der Waals surface area (Å²) < 4.78 is 26.6. The Bertz CT molecular complexity index is 465. The van der Waals surface area contributed by atoms with Crippen molar-refractivity contribution >= 4 is 23.1 Å². The molecule has 1 aliphatic rings. The maximum absolute atomic E-state index is 13.6. The Kier molecular flexibility index (Phi) is 4.00. The number of thioether (sulfide) groups is 1. The smallest absolute Gasteiger partial charge is 0.298 e. The molecule has 7 heteroatoms. The van der Waals surface area contributed by atoms with Crippen molar-refractivity contribution < 1.29 is 13.7 Å². The van der Waals surface area contributed by atoms with Crippen LogP contribution in [0.5, 0.6) is 0 Å². The van der Waals surface area contributed by atoms with E-state index in [1.54, 1.807) is 11.8 Å². The van der Waals surface area contributed by atoms with Crippen molar-refractivity contribution in [3.63, 3.8) is 0 Å². The molecule has 1 heterocycles. The molecule has 1 fully saturated rings. The first kappa shape index (κ1) is 13.1. The molecule has 0 amide bonds. The fourth-order valence-corrected chi connectivity index (χ4v) is 2.98. The summed E-state index contributed by atoms with van der Waals surface area (Å²) in [5.74, 6) is -0.0415. The predicted octanol–water partition coefficient (Wildman–Crippen LogP) is 3.18. The van der Waals surface area contributed by atoms with Gasteiger partial charge in [0, 0.05) is 17.9 Å². The number of halogens is 2. The normalized spacial score (nSPS) is 19.6. The first-order valence-corrected chi connectivity index (χ1v) is 6.71. The number of anilines is 1. The molecule has 0 aliphatic carbocycles. The van der Waals surface area contributed by atoms with E-state index in [9.17, 15) is 18.9 Å². The van der Waals surface area contributed by atoms with Crippen molar-refractivity contribution in [2.45, 2.75) is 18.9 Å². The standard InChI is InChI=1S/C11H12F2N2O2S/c12-7-4-9(13)11(10(5-7)15(16)17)14-8-2-1-3-18-6-8/h4-5,8,14H,1-3,6H2. The van der Waals surface area contributed by atoms with Crippen LogP contribution in [0.3, 0.4) is 0 Å². The van der Waals surface area contributed by atoms with Crippen molar-refractivity contribution in [1.29, 1.82) is 0 Å². The summed E-state index contributed by atoms with van der Waals surface area (Å²) in [6.45, 7) is 0. The molecule has 1 saturated heterocycles. The topological polar surface area (TPSA) is 55.2 Å². The van der Waals surface area contributed by atoms with E-state index in [4.69, 9.17) is 0 Å². The van der Waals surface area contributed by atoms with Gasteiger partial charge in [-0.2, -0.15) is 11.8 Å². The van der Waals surface area contributed by atoms with Crippen molar-refractivity contribution in [3.05, 3.63) is 33.9 Å². The van der Waals surface area contributed by atoms with Gasteiger partial charge < -0.3 is 5.32 Å². The van der Waals surface area contributed by atoms with E-state index in [0.29, 0.717) is 6.07 Å². The number of rotatable bonds is 3. The zero-order valence-corrected chi connectivity index (χ0v) is 10.3. The number of nitro groups is 1. The van der Waals surface area contributed by atoms with Gasteiger partial charge in [0.2, 0.25) is 0 Å². The van der Waals surface area contributed by atoms with Crippen LogP contribution in [0.1, 0.15) is 12.8 Å². The molecule has 0 bridgehead atoms. The molecule has 0 spiro atoms. The summed E-state index contributed by atoms with van der Waals surface area (Å²) in [7, 11) is 0. The van der Waals surface area contributed by atoms with E-state index in [2.05, 4.69) is 5.32 Å². The van der Waals surface area contributed by atoms with E-state index in [-0.39, 0.29) is 11.7 Å². The lowest BCUT2D eigenvalue weighted by Crippen LogP contribution is -2.26. The van der Waals surface area contributed by atoms with Crippen LogP contribution in [-0.2, 0) is 0 Å². The Morgan fingerprint density at radius 1 is 1.44 bits per heavy atom. The van der Waals surface area contributed by atoms with Crippen molar-refractivity contribution in [2.24, 2.45) is 0 Å². The summed E-state index contributed by atoms with van der Waals surface area (Å²) in [6.07, 6.45) is 1.82. The van der Waals surface area contributed by atoms with Crippen LogP contribution >= 0.6 is 11.8 Å². The van der Waals surface area contributed by atoms with Crippen molar-refractivity contribution in [3.8, 4) is 0 Å². The molecule has 1 aromatic rings. The molecule has 1 unspecified atom stereocenters. The third kappa shape index (κ3) is 2.90. The minimum atomic E-state index is -0.942. The minimum Gasteiger partial charge on any atom is -0.374 e. The molecular weight excluding hydrogens is 262 g/mol. The third-order valence-electron chi connectivity index (χ3n) is 2.74. The largest absolute Gasteiger partial charge is 0.374 e. The van der Waals surface area contributed by atoms with Crippen molar-refractivity contribution in [2.75, 3.05) is 16.8 Å². The van der Waals surface area contributed by atoms with Crippen LogP contribution in [-0.4, -0.2) is 22.5 Å². The molecule has 0 aromatic heterocycles. The van der Waals surface area contributed by atoms with Gasteiger partial charge in [0.25, 0.3) is 5.69 Å². The lowest BCUT2D eigenvalue weighted by Gasteiger charge is -2.23. The molecule has 1 N–H and O–H groups in total. The Morgan fingerprint density at radius 3 is 2.83 bits per heavy atom. The second kappa shape index (κ2) is 5.51. The van der Waals surface area contributed by atoms with Gasteiger partial charge in [-0.3, -0.25) is 10.1 Å². The van der Waals surface area contributed by atoms with Crippen molar-refractivity contribution in [1.82, 2.24) is 0 Å².